The summed E-state index contributed by atoms with van der Waals surface area (Å²) in [5.74, 6) is 1.05. The van der Waals surface area contributed by atoms with Gasteiger partial charge in [0.25, 0.3) is 0 Å². The number of amides is 1. The van der Waals surface area contributed by atoms with Crippen LogP contribution in [-0.2, 0) is 4.79 Å². The fraction of sp³-hybridized carbons (Fsp3) is 0.364. The first-order valence-corrected chi connectivity index (χ1v) is 9.28. The minimum Gasteiger partial charge on any atom is -0.284 e. The van der Waals surface area contributed by atoms with Crippen LogP contribution in [0.25, 0.3) is 5.57 Å². The van der Waals surface area contributed by atoms with E-state index in [9.17, 15) is 4.79 Å². The molecule has 0 spiro atoms. The van der Waals surface area contributed by atoms with Crippen LogP contribution in [0.5, 0.6) is 0 Å². The third kappa shape index (κ3) is 2.87. The second kappa shape index (κ2) is 6.12. The SMILES string of the molecule is Cc1cc(N2C(=O)C(C)(C)C3CC=C(c4cnc(C)nc4)C=C32)cc(C)n1. The molecule has 0 saturated carbocycles. The molecule has 5 heteroatoms. The van der Waals surface area contributed by atoms with Crippen molar-refractivity contribution in [1.29, 1.82) is 0 Å². The fourth-order valence-electron chi connectivity index (χ4n) is 4.07. The van der Waals surface area contributed by atoms with Gasteiger partial charge in [0.2, 0.25) is 5.91 Å². The number of nitrogens with zero attached hydrogens (tertiary/aromatic N) is 4. The van der Waals surface area contributed by atoms with Crippen molar-refractivity contribution in [3.05, 3.63) is 65.2 Å². The van der Waals surface area contributed by atoms with Crippen molar-refractivity contribution in [2.24, 2.45) is 11.3 Å². The van der Waals surface area contributed by atoms with Crippen LogP contribution >= 0.6 is 0 Å². The average molecular weight is 360 g/mol. The topological polar surface area (TPSA) is 59.0 Å². The Morgan fingerprint density at radius 1 is 1.07 bits per heavy atom. The van der Waals surface area contributed by atoms with Gasteiger partial charge >= 0.3 is 0 Å². The summed E-state index contributed by atoms with van der Waals surface area (Å²) >= 11 is 0. The third-order valence-corrected chi connectivity index (χ3v) is 5.56. The van der Waals surface area contributed by atoms with E-state index in [0.717, 1.165) is 46.2 Å². The summed E-state index contributed by atoms with van der Waals surface area (Å²) < 4.78 is 0. The normalized spacial score (nSPS) is 21.0. The Morgan fingerprint density at radius 2 is 1.70 bits per heavy atom. The van der Waals surface area contributed by atoms with Gasteiger partial charge in [0.05, 0.1) is 11.1 Å². The zero-order valence-corrected chi connectivity index (χ0v) is 16.4. The largest absolute Gasteiger partial charge is 0.284 e. The zero-order chi connectivity index (χ0) is 19.3. The Morgan fingerprint density at radius 3 is 2.33 bits per heavy atom. The molecule has 27 heavy (non-hydrogen) atoms. The van der Waals surface area contributed by atoms with Crippen molar-refractivity contribution in [2.75, 3.05) is 4.90 Å². The highest BCUT2D eigenvalue weighted by molar-refractivity contribution is 6.05. The van der Waals surface area contributed by atoms with Gasteiger partial charge in [-0.3, -0.25) is 14.7 Å². The maximum Gasteiger partial charge on any atom is 0.237 e. The lowest BCUT2D eigenvalue weighted by molar-refractivity contribution is -0.125. The van der Waals surface area contributed by atoms with Crippen molar-refractivity contribution < 1.29 is 4.79 Å². The Labute approximate surface area is 159 Å². The highest BCUT2D eigenvalue weighted by atomic mass is 16.2. The van der Waals surface area contributed by atoms with Crippen LogP contribution < -0.4 is 4.90 Å². The maximum atomic E-state index is 13.3. The molecular formula is C22H24N4O. The third-order valence-electron chi connectivity index (χ3n) is 5.56. The lowest BCUT2D eigenvalue weighted by Gasteiger charge is -2.26. The van der Waals surface area contributed by atoms with E-state index < -0.39 is 5.41 Å². The van der Waals surface area contributed by atoms with Crippen molar-refractivity contribution in [1.82, 2.24) is 15.0 Å². The molecule has 0 bridgehead atoms. The lowest BCUT2D eigenvalue weighted by atomic mass is 9.75. The van der Waals surface area contributed by atoms with Gasteiger partial charge in [-0.25, -0.2) is 9.97 Å². The number of anilines is 1. The number of pyridine rings is 1. The first-order valence-electron chi connectivity index (χ1n) is 9.28. The van der Waals surface area contributed by atoms with E-state index in [1.54, 1.807) is 0 Å². The Hall–Kier alpha value is -2.82. The quantitative estimate of drug-likeness (QED) is 0.807. The number of aromatic nitrogens is 3. The van der Waals surface area contributed by atoms with Gasteiger partial charge in [0, 0.05) is 41.0 Å². The van der Waals surface area contributed by atoms with E-state index in [0.29, 0.717) is 0 Å². The Kier molecular flexibility index (Phi) is 3.98. The number of fused-ring (bicyclic) bond motifs is 1. The van der Waals surface area contributed by atoms with Gasteiger partial charge in [0.1, 0.15) is 5.82 Å². The molecule has 1 amide bonds. The number of carbonyl (C=O) groups excluding carboxylic acids is 1. The first-order chi connectivity index (χ1) is 12.8. The van der Waals surface area contributed by atoms with Gasteiger partial charge in [-0.2, -0.15) is 0 Å². The molecule has 0 aromatic carbocycles. The summed E-state index contributed by atoms with van der Waals surface area (Å²) in [6, 6.07) is 3.97. The average Bonchev–Trinajstić information content (AvgIpc) is 2.81. The number of hydrogen-bond donors (Lipinski definition) is 0. The van der Waals surface area contributed by atoms with Crippen LogP contribution in [0.1, 0.15) is 43.0 Å². The molecule has 5 nitrogen and oxygen atoms in total. The van der Waals surface area contributed by atoms with Crippen LogP contribution in [0.3, 0.4) is 0 Å². The predicted molar refractivity (Wildman–Crippen MR) is 106 cm³/mol. The molecule has 138 valence electrons. The number of rotatable bonds is 2. The fourth-order valence-corrected chi connectivity index (χ4v) is 4.07. The lowest BCUT2D eigenvalue weighted by Crippen LogP contribution is -2.31. The molecule has 4 rings (SSSR count). The van der Waals surface area contributed by atoms with Crippen molar-refractivity contribution in [3.8, 4) is 0 Å². The number of aryl methyl sites for hydroxylation is 3. The van der Waals surface area contributed by atoms with Crippen LogP contribution in [0.15, 0.2) is 42.4 Å². The molecule has 2 aromatic heterocycles. The number of allylic oxidation sites excluding steroid dienone is 4. The summed E-state index contributed by atoms with van der Waals surface area (Å²) in [7, 11) is 0. The van der Waals surface area contributed by atoms with Crippen molar-refractivity contribution in [3.63, 3.8) is 0 Å². The van der Waals surface area contributed by atoms with Gasteiger partial charge in [-0.1, -0.05) is 19.9 Å². The summed E-state index contributed by atoms with van der Waals surface area (Å²) in [6.45, 7) is 9.89. The summed E-state index contributed by atoms with van der Waals surface area (Å²) in [5, 5.41) is 0. The Bertz CT molecular complexity index is 966. The van der Waals surface area contributed by atoms with Crippen molar-refractivity contribution >= 4 is 17.2 Å². The molecule has 3 heterocycles. The smallest absolute Gasteiger partial charge is 0.237 e. The number of hydrogen-bond acceptors (Lipinski definition) is 4. The van der Waals surface area contributed by atoms with E-state index in [1.807, 2.05) is 64.0 Å². The Balaban J connectivity index is 1.82. The molecule has 1 fully saturated rings. The van der Waals surface area contributed by atoms with Crippen LogP contribution in [0, 0.1) is 32.1 Å². The van der Waals surface area contributed by atoms with Crippen LogP contribution in [0.2, 0.25) is 0 Å². The standard InChI is InChI=1S/C22H24N4O/c1-13-8-18(9-14(2)25-13)26-20-10-16(17-11-23-15(3)24-12-17)6-7-19(20)22(4,5)21(26)27/h6,8-12,19H,7H2,1-5H3. The summed E-state index contributed by atoms with van der Waals surface area (Å²) in [4.78, 5) is 28.3. The van der Waals surface area contributed by atoms with Crippen LogP contribution in [0.4, 0.5) is 5.69 Å². The molecule has 1 aliphatic carbocycles. The van der Waals surface area contributed by atoms with E-state index in [-0.39, 0.29) is 11.8 Å². The molecule has 2 aliphatic rings. The predicted octanol–water partition coefficient (Wildman–Crippen LogP) is 4.16. The summed E-state index contributed by atoms with van der Waals surface area (Å²) in [6.07, 6.45) is 8.84. The van der Waals surface area contributed by atoms with Gasteiger partial charge in [-0.05, 0) is 51.0 Å². The van der Waals surface area contributed by atoms with E-state index in [4.69, 9.17) is 0 Å². The molecular weight excluding hydrogens is 336 g/mol. The number of carbonyl (C=O) groups is 1. The molecule has 1 aliphatic heterocycles. The molecule has 0 radical (unpaired) electrons. The van der Waals surface area contributed by atoms with E-state index in [1.165, 1.54) is 0 Å². The molecule has 2 aromatic rings. The second-order valence-electron chi connectivity index (χ2n) is 8.01. The molecule has 0 N–H and O–H groups in total. The minimum absolute atomic E-state index is 0.138. The van der Waals surface area contributed by atoms with Crippen molar-refractivity contribution in [2.45, 2.75) is 41.0 Å². The van der Waals surface area contributed by atoms with Crippen LogP contribution in [-0.4, -0.2) is 20.9 Å². The van der Waals surface area contributed by atoms with Gasteiger partial charge < -0.3 is 0 Å². The first kappa shape index (κ1) is 17.6. The molecule has 1 atom stereocenters. The van der Waals surface area contributed by atoms with Gasteiger partial charge in [-0.15, -0.1) is 0 Å². The molecule has 1 unspecified atom stereocenters. The maximum absolute atomic E-state index is 13.3. The monoisotopic (exact) mass is 360 g/mol. The van der Waals surface area contributed by atoms with E-state index in [2.05, 4.69) is 27.1 Å². The highest BCUT2D eigenvalue weighted by Crippen LogP contribution is 2.50. The van der Waals surface area contributed by atoms with E-state index >= 15 is 0 Å². The second-order valence-corrected chi connectivity index (χ2v) is 8.01. The molecule has 1 saturated heterocycles. The zero-order valence-electron chi connectivity index (χ0n) is 16.4. The summed E-state index contributed by atoms with van der Waals surface area (Å²) in [5.41, 5.74) is 5.38. The highest BCUT2D eigenvalue weighted by Gasteiger charge is 2.51. The minimum atomic E-state index is -0.442. The van der Waals surface area contributed by atoms with Gasteiger partial charge in [0.15, 0.2) is 0 Å².